The predicted molar refractivity (Wildman–Crippen MR) is 98.1 cm³/mol. The summed E-state index contributed by atoms with van der Waals surface area (Å²) in [5.41, 5.74) is 2.75. The topological polar surface area (TPSA) is 82.2 Å². The second kappa shape index (κ2) is 7.23. The molecule has 0 saturated carbocycles. The van der Waals surface area contributed by atoms with Crippen LogP contribution < -0.4 is 0 Å². The molecule has 7 heteroatoms. The fraction of sp³-hybridized carbons (Fsp3) is 0.400. The zero-order valence-corrected chi connectivity index (χ0v) is 15.1. The van der Waals surface area contributed by atoms with Gasteiger partial charge in [0.05, 0.1) is 11.6 Å². The normalized spacial score (nSPS) is 16.6. The van der Waals surface area contributed by atoms with Gasteiger partial charge in [-0.25, -0.2) is 0 Å². The Hall–Kier alpha value is -3.14. The SMILES string of the molecule is N#Cc1ccc(C(=O)N2CCN(C(=O)c3cc4n(n3)CCCC4)CC2)cc1. The molecule has 4 rings (SSSR count). The number of carbonyl (C=O) groups excluding carboxylic acids is 2. The lowest BCUT2D eigenvalue weighted by molar-refractivity contribution is 0.0532. The molecule has 1 saturated heterocycles. The van der Waals surface area contributed by atoms with E-state index in [4.69, 9.17) is 5.26 Å². The van der Waals surface area contributed by atoms with Crippen LogP contribution in [0.25, 0.3) is 0 Å². The maximum absolute atomic E-state index is 12.8. The second-order valence-corrected chi connectivity index (χ2v) is 6.97. The summed E-state index contributed by atoms with van der Waals surface area (Å²) in [6.45, 7) is 2.89. The molecule has 0 bridgehead atoms. The molecule has 7 nitrogen and oxygen atoms in total. The van der Waals surface area contributed by atoms with Crippen LogP contribution >= 0.6 is 0 Å². The third-order valence-corrected chi connectivity index (χ3v) is 5.25. The van der Waals surface area contributed by atoms with E-state index in [0.29, 0.717) is 43.0 Å². The fourth-order valence-electron chi connectivity index (χ4n) is 3.67. The minimum atomic E-state index is -0.0657. The number of fused-ring (bicyclic) bond motifs is 1. The van der Waals surface area contributed by atoms with E-state index in [1.54, 1.807) is 34.1 Å². The first kappa shape index (κ1) is 17.3. The first-order valence-corrected chi connectivity index (χ1v) is 9.31. The Balaban J connectivity index is 1.38. The molecule has 3 heterocycles. The number of benzene rings is 1. The summed E-state index contributed by atoms with van der Waals surface area (Å²) in [5.74, 6) is -0.119. The Morgan fingerprint density at radius 2 is 1.59 bits per heavy atom. The van der Waals surface area contributed by atoms with E-state index < -0.39 is 0 Å². The van der Waals surface area contributed by atoms with E-state index >= 15 is 0 Å². The summed E-state index contributed by atoms with van der Waals surface area (Å²) in [4.78, 5) is 28.9. The molecule has 0 radical (unpaired) electrons. The van der Waals surface area contributed by atoms with Gasteiger partial charge in [-0.2, -0.15) is 10.4 Å². The number of aromatic nitrogens is 2. The van der Waals surface area contributed by atoms with Crippen LogP contribution in [-0.4, -0.2) is 57.6 Å². The molecule has 0 N–H and O–H groups in total. The molecular weight excluding hydrogens is 342 g/mol. The van der Waals surface area contributed by atoms with Crippen LogP contribution in [0.2, 0.25) is 0 Å². The van der Waals surface area contributed by atoms with Crippen molar-refractivity contribution < 1.29 is 9.59 Å². The number of rotatable bonds is 2. The molecule has 1 fully saturated rings. The van der Waals surface area contributed by atoms with Gasteiger partial charge in [0.2, 0.25) is 0 Å². The largest absolute Gasteiger partial charge is 0.335 e. The van der Waals surface area contributed by atoms with Gasteiger partial charge in [-0.05, 0) is 49.6 Å². The number of aryl methyl sites for hydroxylation is 2. The molecule has 138 valence electrons. The highest BCUT2D eigenvalue weighted by Gasteiger charge is 2.27. The summed E-state index contributed by atoms with van der Waals surface area (Å²) in [6, 6.07) is 10.6. The summed E-state index contributed by atoms with van der Waals surface area (Å²) >= 11 is 0. The third-order valence-electron chi connectivity index (χ3n) is 5.25. The summed E-state index contributed by atoms with van der Waals surface area (Å²) in [5, 5.41) is 13.3. The highest BCUT2D eigenvalue weighted by atomic mass is 16.2. The van der Waals surface area contributed by atoms with Crippen molar-refractivity contribution in [2.45, 2.75) is 25.8 Å². The molecular formula is C20H21N5O2. The molecule has 1 aromatic heterocycles. The maximum Gasteiger partial charge on any atom is 0.274 e. The lowest BCUT2D eigenvalue weighted by Gasteiger charge is -2.34. The van der Waals surface area contributed by atoms with Crippen LogP contribution in [0, 0.1) is 11.3 Å². The van der Waals surface area contributed by atoms with Crippen LogP contribution in [0.4, 0.5) is 0 Å². The van der Waals surface area contributed by atoms with E-state index in [2.05, 4.69) is 5.10 Å². The molecule has 1 aromatic carbocycles. The average Bonchev–Trinajstić information content (AvgIpc) is 3.17. The van der Waals surface area contributed by atoms with Crippen LogP contribution in [0.15, 0.2) is 30.3 Å². The van der Waals surface area contributed by atoms with Crippen molar-refractivity contribution in [1.82, 2.24) is 19.6 Å². The summed E-state index contributed by atoms with van der Waals surface area (Å²) in [7, 11) is 0. The first-order valence-electron chi connectivity index (χ1n) is 9.31. The van der Waals surface area contributed by atoms with E-state index in [0.717, 1.165) is 31.5 Å². The summed E-state index contributed by atoms with van der Waals surface area (Å²) < 4.78 is 1.95. The summed E-state index contributed by atoms with van der Waals surface area (Å²) in [6.07, 6.45) is 3.24. The Labute approximate surface area is 157 Å². The molecule has 2 aliphatic heterocycles. The van der Waals surface area contributed by atoms with Gasteiger partial charge in [-0.3, -0.25) is 14.3 Å². The first-order chi connectivity index (χ1) is 13.2. The monoisotopic (exact) mass is 363 g/mol. The highest BCUT2D eigenvalue weighted by Crippen LogP contribution is 2.17. The highest BCUT2D eigenvalue weighted by molar-refractivity contribution is 5.95. The van der Waals surface area contributed by atoms with Crippen molar-refractivity contribution in [3.8, 4) is 6.07 Å². The molecule has 0 atom stereocenters. The van der Waals surface area contributed by atoms with Gasteiger partial charge in [0, 0.05) is 44.0 Å². The van der Waals surface area contributed by atoms with Crippen molar-refractivity contribution in [3.05, 3.63) is 52.8 Å². The minimum Gasteiger partial charge on any atom is -0.335 e. The number of hydrogen-bond acceptors (Lipinski definition) is 4. The van der Waals surface area contributed by atoms with E-state index in [1.165, 1.54) is 0 Å². The van der Waals surface area contributed by atoms with Crippen molar-refractivity contribution in [2.75, 3.05) is 26.2 Å². The van der Waals surface area contributed by atoms with Gasteiger partial charge >= 0.3 is 0 Å². The zero-order valence-electron chi connectivity index (χ0n) is 15.1. The maximum atomic E-state index is 12.8. The van der Waals surface area contributed by atoms with Gasteiger partial charge in [-0.1, -0.05) is 0 Å². The Morgan fingerprint density at radius 3 is 2.22 bits per heavy atom. The smallest absolute Gasteiger partial charge is 0.274 e. The number of nitrogens with zero attached hydrogens (tertiary/aromatic N) is 5. The molecule has 0 unspecified atom stereocenters. The van der Waals surface area contributed by atoms with E-state index in [9.17, 15) is 9.59 Å². The second-order valence-electron chi connectivity index (χ2n) is 6.97. The van der Waals surface area contributed by atoms with Gasteiger partial charge in [-0.15, -0.1) is 0 Å². The lowest BCUT2D eigenvalue weighted by atomic mass is 10.1. The standard InChI is InChI=1S/C20H21N5O2/c21-14-15-4-6-16(7-5-15)19(26)23-9-11-24(12-10-23)20(27)18-13-17-3-1-2-8-25(17)22-18/h4-7,13H,1-3,8-12H2. The molecule has 2 amide bonds. The quantitative estimate of drug-likeness (QED) is 0.813. The van der Waals surface area contributed by atoms with Crippen LogP contribution in [0.1, 0.15) is 44.9 Å². The molecule has 2 aliphatic rings. The van der Waals surface area contributed by atoms with Gasteiger partial charge in [0.1, 0.15) is 0 Å². The van der Waals surface area contributed by atoms with E-state index in [-0.39, 0.29) is 11.8 Å². The number of nitriles is 1. The molecule has 2 aromatic rings. The third kappa shape index (κ3) is 3.43. The predicted octanol–water partition coefficient (Wildman–Crippen LogP) is 1.69. The molecule has 0 spiro atoms. The lowest BCUT2D eigenvalue weighted by Crippen LogP contribution is -2.50. The number of carbonyl (C=O) groups is 2. The number of hydrogen-bond donors (Lipinski definition) is 0. The van der Waals surface area contributed by atoms with Crippen molar-refractivity contribution in [1.29, 1.82) is 5.26 Å². The van der Waals surface area contributed by atoms with E-state index in [1.807, 2.05) is 16.8 Å². The van der Waals surface area contributed by atoms with Crippen molar-refractivity contribution in [2.24, 2.45) is 0 Å². The van der Waals surface area contributed by atoms with Crippen LogP contribution in [0.5, 0.6) is 0 Å². The zero-order chi connectivity index (χ0) is 18.8. The van der Waals surface area contributed by atoms with Gasteiger partial charge in [0.15, 0.2) is 5.69 Å². The molecule has 0 aliphatic carbocycles. The van der Waals surface area contributed by atoms with Gasteiger partial charge in [0.25, 0.3) is 11.8 Å². The Kier molecular flexibility index (Phi) is 4.63. The van der Waals surface area contributed by atoms with Crippen molar-refractivity contribution in [3.63, 3.8) is 0 Å². The Morgan fingerprint density at radius 1 is 0.926 bits per heavy atom. The number of amides is 2. The number of piperazine rings is 1. The fourth-order valence-corrected chi connectivity index (χ4v) is 3.67. The van der Waals surface area contributed by atoms with Crippen LogP contribution in [0.3, 0.4) is 0 Å². The molecule has 27 heavy (non-hydrogen) atoms. The van der Waals surface area contributed by atoms with Crippen LogP contribution in [-0.2, 0) is 13.0 Å². The van der Waals surface area contributed by atoms with Gasteiger partial charge < -0.3 is 9.80 Å². The minimum absolute atomic E-state index is 0.0534. The average molecular weight is 363 g/mol. The van der Waals surface area contributed by atoms with Crippen molar-refractivity contribution >= 4 is 11.8 Å². The Bertz CT molecular complexity index is 878.